The van der Waals surface area contributed by atoms with Crippen LogP contribution in [-0.4, -0.2) is 30.7 Å². The van der Waals surface area contributed by atoms with Crippen molar-refractivity contribution in [3.8, 4) is 11.4 Å². The van der Waals surface area contributed by atoms with E-state index in [4.69, 9.17) is 0 Å². The van der Waals surface area contributed by atoms with Gasteiger partial charge in [0.2, 0.25) is 0 Å². The molecule has 0 fully saturated rings. The van der Waals surface area contributed by atoms with E-state index in [9.17, 15) is 4.79 Å². The molecule has 4 heterocycles. The van der Waals surface area contributed by atoms with Crippen molar-refractivity contribution < 1.29 is 4.79 Å². The standard InChI is InChI=1S/C15H12N6OS/c22-15(16-8-12-2-1-5-23-12)10-3-4-13-19-20-14(21(13)9-10)11-6-17-18-7-11/h1-7,9H,8H2,(H,16,22)(H,17,18). The molecule has 4 aromatic heterocycles. The summed E-state index contributed by atoms with van der Waals surface area (Å²) >= 11 is 1.61. The minimum absolute atomic E-state index is 0.132. The summed E-state index contributed by atoms with van der Waals surface area (Å²) < 4.78 is 1.78. The third kappa shape index (κ3) is 2.59. The first-order valence-corrected chi connectivity index (χ1v) is 7.84. The molecule has 4 aromatic rings. The summed E-state index contributed by atoms with van der Waals surface area (Å²) in [6.07, 6.45) is 5.14. The summed E-state index contributed by atoms with van der Waals surface area (Å²) in [4.78, 5) is 13.4. The zero-order valence-electron chi connectivity index (χ0n) is 11.9. The van der Waals surface area contributed by atoms with Crippen molar-refractivity contribution in [1.29, 1.82) is 0 Å². The van der Waals surface area contributed by atoms with Gasteiger partial charge in [-0.05, 0) is 23.6 Å². The molecule has 23 heavy (non-hydrogen) atoms. The van der Waals surface area contributed by atoms with Crippen molar-refractivity contribution >= 4 is 22.9 Å². The maximum absolute atomic E-state index is 12.3. The smallest absolute Gasteiger partial charge is 0.253 e. The number of carbonyl (C=O) groups is 1. The number of rotatable bonds is 4. The van der Waals surface area contributed by atoms with Gasteiger partial charge in [0, 0.05) is 17.3 Å². The minimum Gasteiger partial charge on any atom is -0.347 e. The van der Waals surface area contributed by atoms with E-state index < -0.39 is 0 Å². The second-order valence-electron chi connectivity index (χ2n) is 4.92. The van der Waals surface area contributed by atoms with Crippen molar-refractivity contribution in [1.82, 2.24) is 30.1 Å². The maximum atomic E-state index is 12.3. The first kappa shape index (κ1) is 13.6. The Morgan fingerprint density at radius 1 is 1.30 bits per heavy atom. The highest BCUT2D eigenvalue weighted by atomic mass is 32.1. The van der Waals surface area contributed by atoms with Crippen LogP contribution < -0.4 is 5.32 Å². The quantitative estimate of drug-likeness (QED) is 0.602. The van der Waals surface area contributed by atoms with Crippen molar-refractivity contribution in [3.63, 3.8) is 0 Å². The largest absolute Gasteiger partial charge is 0.347 e. The molecule has 114 valence electrons. The van der Waals surface area contributed by atoms with Gasteiger partial charge in [0.25, 0.3) is 5.91 Å². The summed E-state index contributed by atoms with van der Waals surface area (Å²) in [5.74, 6) is 0.508. The molecule has 2 N–H and O–H groups in total. The number of H-pyrrole nitrogens is 1. The van der Waals surface area contributed by atoms with Gasteiger partial charge in [-0.2, -0.15) is 5.10 Å². The van der Waals surface area contributed by atoms with E-state index in [1.165, 1.54) is 0 Å². The molecule has 0 unspecified atom stereocenters. The van der Waals surface area contributed by atoms with E-state index in [0.717, 1.165) is 10.4 Å². The van der Waals surface area contributed by atoms with Gasteiger partial charge in [0.1, 0.15) is 0 Å². The number of pyridine rings is 1. The molecule has 0 saturated carbocycles. The summed E-state index contributed by atoms with van der Waals surface area (Å²) in [6.45, 7) is 0.519. The van der Waals surface area contributed by atoms with Gasteiger partial charge >= 0.3 is 0 Å². The summed E-state index contributed by atoms with van der Waals surface area (Å²) in [5.41, 5.74) is 2.04. The van der Waals surface area contributed by atoms with Crippen molar-refractivity contribution in [2.75, 3.05) is 0 Å². The number of amides is 1. The lowest BCUT2D eigenvalue weighted by molar-refractivity contribution is 0.0951. The van der Waals surface area contributed by atoms with Crippen LogP contribution in [0.15, 0.2) is 48.2 Å². The molecule has 0 bridgehead atoms. The Morgan fingerprint density at radius 2 is 2.26 bits per heavy atom. The number of fused-ring (bicyclic) bond motifs is 1. The first-order valence-electron chi connectivity index (χ1n) is 6.96. The summed E-state index contributed by atoms with van der Waals surface area (Å²) in [5, 5.41) is 19.8. The SMILES string of the molecule is O=C(NCc1cccs1)c1ccc2nnc(-c3cn[nH]c3)n2c1. The fourth-order valence-corrected chi connectivity index (χ4v) is 2.92. The third-order valence-corrected chi connectivity index (χ3v) is 4.30. The van der Waals surface area contributed by atoms with Crippen LogP contribution in [0.3, 0.4) is 0 Å². The van der Waals surface area contributed by atoms with Gasteiger partial charge < -0.3 is 5.32 Å². The average molecular weight is 324 g/mol. The molecule has 0 spiro atoms. The predicted molar refractivity (Wildman–Crippen MR) is 86.1 cm³/mol. The molecule has 0 aliphatic rings. The summed E-state index contributed by atoms with van der Waals surface area (Å²) in [7, 11) is 0. The van der Waals surface area contributed by atoms with Gasteiger partial charge in [-0.3, -0.25) is 14.3 Å². The van der Waals surface area contributed by atoms with Crippen molar-refractivity contribution in [2.45, 2.75) is 6.54 Å². The van der Waals surface area contributed by atoms with E-state index in [0.29, 0.717) is 23.6 Å². The van der Waals surface area contributed by atoms with Gasteiger partial charge in [-0.1, -0.05) is 6.07 Å². The van der Waals surface area contributed by atoms with E-state index in [1.807, 2.05) is 17.5 Å². The molecule has 8 heteroatoms. The van der Waals surface area contributed by atoms with Crippen LogP contribution in [0, 0.1) is 0 Å². The lowest BCUT2D eigenvalue weighted by atomic mass is 10.2. The Labute approximate surface area is 135 Å². The van der Waals surface area contributed by atoms with Crippen LogP contribution in [0.5, 0.6) is 0 Å². The third-order valence-electron chi connectivity index (χ3n) is 3.42. The highest BCUT2D eigenvalue weighted by Gasteiger charge is 2.12. The highest BCUT2D eigenvalue weighted by molar-refractivity contribution is 7.09. The van der Waals surface area contributed by atoms with Gasteiger partial charge in [-0.15, -0.1) is 21.5 Å². The van der Waals surface area contributed by atoms with Crippen LogP contribution in [0.4, 0.5) is 0 Å². The molecular weight excluding hydrogens is 312 g/mol. The molecule has 0 aromatic carbocycles. The molecule has 0 aliphatic carbocycles. The Kier molecular flexibility index (Phi) is 3.35. The Hall–Kier alpha value is -3.00. The number of hydrogen-bond donors (Lipinski definition) is 2. The second kappa shape index (κ2) is 5.65. The van der Waals surface area contributed by atoms with E-state index >= 15 is 0 Å². The number of aromatic nitrogens is 5. The number of nitrogens with one attached hydrogen (secondary N) is 2. The number of hydrogen-bond acceptors (Lipinski definition) is 5. The lowest BCUT2D eigenvalue weighted by Gasteiger charge is -2.05. The molecule has 0 atom stereocenters. The first-order chi connectivity index (χ1) is 11.3. The topological polar surface area (TPSA) is 88.0 Å². The average Bonchev–Trinajstić information content (AvgIpc) is 3.31. The number of nitrogens with zero attached hydrogens (tertiary/aromatic N) is 4. The summed E-state index contributed by atoms with van der Waals surface area (Å²) in [6, 6.07) is 7.47. The fourth-order valence-electron chi connectivity index (χ4n) is 2.28. The van der Waals surface area contributed by atoms with Crippen molar-refractivity contribution in [2.24, 2.45) is 0 Å². The zero-order valence-corrected chi connectivity index (χ0v) is 12.7. The van der Waals surface area contributed by atoms with Crippen LogP contribution in [0.1, 0.15) is 15.2 Å². The van der Waals surface area contributed by atoms with Gasteiger partial charge in [0.15, 0.2) is 11.5 Å². The minimum atomic E-state index is -0.132. The molecule has 0 aliphatic heterocycles. The van der Waals surface area contributed by atoms with Crippen LogP contribution in [-0.2, 0) is 6.54 Å². The van der Waals surface area contributed by atoms with Gasteiger partial charge in [0.05, 0.1) is 23.9 Å². The Balaban J connectivity index is 1.62. The van der Waals surface area contributed by atoms with Gasteiger partial charge in [-0.25, -0.2) is 0 Å². The number of aromatic amines is 1. The highest BCUT2D eigenvalue weighted by Crippen LogP contribution is 2.17. The Bertz CT molecular complexity index is 942. The van der Waals surface area contributed by atoms with E-state index in [1.54, 1.807) is 46.5 Å². The molecule has 0 radical (unpaired) electrons. The normalized spacial score (nSPS) is 11.0. The van der Waals surface area contributed by atoms with E-state index in [2.05, 4.69) is 25.7 Å². The van der Waals surface area contributed by atoms with Crippen molar-refractivity contribution in [3.05, 3.63) is 58.7 Å². The molecule has 4 rings (SSSR count). The molecule has 0 saturated heterocycles. The monoisotopic (exact) mass is 324 g/mol. The van der Waals surface area contributed by atoms with E-state index in [-0.39, 0.29) is 5.91 Å². The zero-order chi connectivity index (χ0) is 15.6. The number of thiophene rings is 1. The molecule has 7 nitrogen and oxygen atoms in total. The van der Waals surface area contributed by atoms with Crippen LogP contribution >= 0.6 is 11.3 Å². The van der Waals surface area contributed by atoms with Crippen LogP contribution in [0.25, 0.3) is 17.0 Å². The number of carbonyl (C=O) groups excluding carboxylic acids is 1. The fraction of sp³-hybridized carbons (Fsp3) is 0.0667. The van der Waals surface area contributed by atoms with Crippen LogP contribution in [0.2, 0.25) is 0 Å². The predicted octanol–water partition coefficient (Wildman–Crippen LogP) is 2.11. The molecular formula is C15H12N6OS. The second-order valence-corrected chi connectivity index (χ2v) is 5.95. The lowest BCUT2D eigenvalue weighted by Crippen LogP contribution is -2.22. The maximum Gasteiger partial charge on any atom is 0.253 e. The Morgan fingerprint density at radius 3 is 3.04 bits per heavy atom. The molecule has 1 amide bonds.